The van der Waals surface area contributed by atoms with Crippen LogP contribution in [0, 0.1) is 0 Å². The number of ether oxygens (including phenoxy) is 3. The molecule has 0 bridgehead atoms. The van der Waals surface area contributed by atoms with Crippen LogP contribution < -0.4 is 14.8 Å². The highest BCUT2D eigenvalue weighted by Gasteiger charge is 2.15. The second-order valence-electron chi connectivity index (χ2n) is 7.74. The van der Waals surface area contributed by atoms with E-state index in [-0.39, 0.29) is 11.7 Å². The number of thioether (sulfide) groups is 1. The van der Waals surface area contributed by atoms with E-state index in [0.29, 0.717) is 26.3 Å². The van der Waals surface area contributed by atoms with E-state index >= 15 is 0 Å². The van der Waals surface area contributed by atoms with Gasteiger partial charge in [-0.15, -0.1) is 0 Å². The van der Waals surface area contributed by atoms with Crippen molar-refractivity contribution in [2.45, 2.75) is 18.5 Å². The van der Waals surface area contributed by atoms with Crippen molar-refractivity contribution in [2.75, 3.05) is 51.8 Å². The molecule has 0 unspecified atom stereocenters. The summed E-state index contributed by atoms with van der Waals surface area (Å²) >= 11 is 1.43. The lowest BCUT2D eigenvalue weighted by molar-refractivity contribution is -0.118. The van der Waals surface area contributed by atoms with Crippen LogP contribution in [0.15, 0.2) is 53.6 Å². The van der Waals surface area contributed by atoms with E-state index in [0.717, 1.165) is 59.6 Å². The van der Waals surface area contributed by atoms with Crippen LogP contribution in [0.5, 0.6) is 11.5 Å². The number of fused-ring (bicyclic) bond motifs is 1. The second-order valence-corrected chi connectivity index (χ2v) is 8.71. The molecule has 1 aromatic heterocycles. The lowest BCUT2D eigenvalue weighted by atomic mass is 10.2. The minimum atomic E-state index is -0.0577. The standard InChI is InChI=1S/C25H30N4O4S/c1-2-32-19-7-9-20(10-8-19)33-14-11-26-24(30)18-34-25-21-5-3-4-6-22(21)27-23(28-25)17-29-12-15-31-16-13-29/h3-10H,2,11-18H2,1H3,(H,26,30). The number of aromatic nitrogens is 2. The Labute approximate surface area is 204 Å². The number of nitrogens with one attached hydrogen (secondary N) is 1. The number of carbonyl (C=O) groups is 1. The summed E-state index contributed by atoms with van der Waals surface area (Å²) in [6.45, 7) is 7.29. The van der Waals surface area contributed by atoms with E-state index in [2.05, 4.69) is 10.2 Å². The molecule has 0 atom stereocenters. The summed E-state index contributed by atoms with van der Waals surface area (Å²) in [6, 6.07) is 15.4. The van der Waals surface area contributed by atoms with Crippen molar-refractivity contribution in [1.29, 1.82) is 0 Å². The van der Waals surface area contributed by atoms with Gasteiger partial charge in [0.25, 0.3) is 0 Å². The Morgan fingerprint density at radius 2 is 1.79 bits per heavy atom. The summed E-state index contributed by atoms with van der Waals surface area (Å²) in [5.41, 5.74) is 0.896. The molecule has 1 aliphatic rings. The Balaban J connectivity index is 1.27. The predicted molar refractivity (Wildman–Crippen MR) is 132 cm³/mol. The van der Waals surface area contributed by atoms with Gasteiger partial charge in [-0.25, -0.2) is 9.97 Å². The summed E-state index contributed by atoms with van der Waals surface area (Å²) in [4.78, 5) is 24.2. The molecule has 0 aliphatic carbocycles. The van der Waals surface area contributed by atoms with Crippen LogP contribution in [-0.2, 0) is 16.1 Å². The molecule has 2 heterocycles. The maximum absolute atomic E-state index is 12.4. The zero-order valence-corrected chi connectivity index (χ0v) is 20.2. The first-order valence-corrected chi connectivity index (χ1v) is 12.5. The number of rotatable bonds is 11. The fourth-order valence-electron chi connectivity index (χ4n) is 3.58. The molecule has 9 heteroatoms. The molecule has 3 aromatic rings. The Hall–Kier alpha value is -2.88. The van der Waals surface area contributed by atoms with E-state index in [9.17, 15) is 4.79 Å². The highest BCUT2D eigenvalue weighted by Crippen LogP contribution is 2.25. The van der Waals surface area contributed by atoms with Crippen molar-refractivity contribution in [3.05, 3.63) is 54.4 Å². The maximum atomic E-state index is 12.4. The van der Waals surface area contributed by atoms with Crippen molar-refractivity contribution < 1.29 is 19.0 Å². The number of benzene rings is 2. The molecular weight excluding hydrogens is 452 g/mol. The molecule has 1 N–H and O–H groups in total. The molecule has 8 nitrogen and oxygen atoms in total. The zero-order valence-electron chi connectivity index (χ0n) is 19.4. The first kappa shape index (κ1) is 24.3. The summed E-state index contributed by atoms with van der Waals surface area (Å²) < 4.78 is 16.5. The van der Waals surface area contributed by atoms with Crippen molar-refractivity contribution in [3.63, 3.8) is 0 Å². The molecule has 2 aromatic carbocycles. The number of hydrogen-bond acceptors (Lipinski definition) is 8. The minimum absolute atomic E-state index is 0.0577. The molecule has 180 valence electrons. The molecule has 1 amide bonds. The average molecular weight is 483 g/mol. The maximum Gasteiger partial charge on any atom is 0.230 e. The fourth-order valence-corrected chi connectivity index (χ4v) is 4.44. The third kappa shape index (κ3) is 7.06. The van der Waals surface area contributed by atoms with Crippen LogP contribution in [0.4, 0.5) is 0 Å². The van der Waals surface area contributed by atoms with E-state index in [1.54, 1.807) is 0 Å². The molecule has 0 saturated carbocycles. The third-order valence-electron chi connectivity index (χ3n) is 5.25. The first-order valence-electron chi connectivity index (χ1n) is 11.5. The highest BCUT2D eigenvalue weighted by atomic mass is 32.2. The molecule has 4 rings (SSSR count). The van der Waals surface area contributed by atoms with Gasteiger partial charge in [0.15, 0.2) is 0 Å². The van der Waals surface area contributed by atoms with Gasteiger partial charge in [-0.2, -0.15) is 0 Å². The van der Waals surface area contributed by atoms with Gasteiger partial charge < -0.3 is 19.5 Å². The van der Waals surface area contributed by atoms with Gasteiger partial charge in [0.05, 0.1) is 44.2 Å². The van der Waals surface area contributed by atoms with Crippen molar-refractivity contribution in [1.82, 2.24) is 20.2 Å². The van der Waals surface area contributed by atoms with Gasteiger partial charge in [0, 0.05) is 18.5 Å². The fraction of sp³-hybridized carbons (Fsp3) is 0.400. The lowest BCUT2D eigenvalue weighted by Crippen LogP contribution is -2.36. The summed E-state index contributed by atoms with van der Waals surface area (Å²) in [5, 5.41) is 4.70. The SMILES string of the molecule is CCOc1ccc(OCCNC(=O)CSc2nc(CN3CCOCC3)nc3ccccc23)cc1. The van der Waals surface area contributed by atoms with Crippen LogP contribution in [0.1, 0.15) is 12.7 Å². The third-order valence-corrected chi connectivity index (χ3v) is 6.24. The predicted octanol–water partition coefficient (Wildman–Crippen LogP) is 3.15. The number of carbonyl (C=O) groups excluding carboxylic acids is 1. The Morgan fingerprint density at radius 1 is 1.06 bits per heavy atom. The number of amides is 1. The average Bonchev–Trinajstić information content (AvgIpc) is 2.87. The normalized spacial score (nSPS) is 14.1. The first-order chi connectivity index (χ1) is 16.7. The van der Waals surface area contributed by atoms with Gasteiger partial charge in [-0.1, -0.05) is 30.0 Å². The van der Waals surface area contributed by atoms with Gasteiger partial charge in [0.1, 0.15) is 29.0 Å². The molecule has 34 heavy (non-hydrogen) atoms. The quantitative estimate of drug-likeness (QED) is 0.253. The van der Waals surface area contributed by atoms with E-state index < -0.39 is 0 Å². The van der Waals surface area contributed by atoms with Crippen molar-refractivity contribution in [2.24, 2.45) is 0 Å². The minimum Gasteiger partial charge on any atom is -0.494 e. The summed E-state index contributed by atoms with van der Waals surface area (Å²) in [5.74, 6) is 2.55. The van der Waals surface area contributed by atoms with Crippen LogP contribution in [-0.4, -0.2) is 72.6 Å². The van der Waals surface area contributed by atoms with Crippen LogP contribution >= 0.6 is 11.8 Å². The molecule has 1 aliphatic heterocycles. The molecule has 0 radical (unpaired) electrons. The van der Waals surface area contributed by atoms with Crippen LogP contribution in [0.3, 0.4) is 0 Å². The summed E-state index contributed by atoms with van der Waals surface area (Å²) in [7, 11) is 0. The number of morpholine rings is 1. The Morgan fingerprint density at radius 3 is 2.56 bits per heavy atom. The van der Waals surface area contributed by atoms with E-state index in [1.165, 1.54) is 11.8 Å². The van der Waals surface area contributed by atoms with E-state index in [1.807, 2.05) is 55.5 Å². The highest BCUT2D eigenvalue weighted by molar-refractivity contribution is 8.00. The van der Waals surface area contributed by atoms with Crippen LogP contribution in [0.25, 0.3) is 10.9 Å². The van der Waals surface area contributed by atoms with Gasteiger partial charge in [0.2, 0.25) is 5.91 Å². The second kappa shape index (κ2) is 12.5. The Kier molecular flexibility index (Phi) is 8.95. The van der Waals surface area contributed by atoms with Gasteiger partial charge in [-0.05, 0) is 37.3 Å². The monoisotopic (exact) mass is 482 g/mol. The largest absolute Gasteiger partial charge is 0.494 e. The number of nitrogens with zero attached hydrogens (tertiary/aromatic N) is 3. The van der Waals surface area contributed by atoms with Gasteiger partial charge >= 0.3 is 0 Å². The molecule has 0 spiro atoms. The molecule has 1 fully saturated rings. The van der Waals surface area contributed by atoms with Crippen LogP contribution in [0.2, 0.25) is 0 Å². The lowest BCUT2D eigenvalue weighted by Gasteiger charge is -2.25. The van der Waals surface area contributed by atoms with E-state index in [4.69, 9.17) is 24.2 Å². The summed E-state index contributed by atoms with van der Waals surface area (Å²) in [6.07, 6.45) is 0. The van der Waals surface area contributed by atoms with Crippen molar-refractivity contribution in [3.8, 4) is 11.5 Å². The Bertz CT molecular complexity index is 1070. The number of para-hydroxylation sites is 1. The topological polar surface area (TPSA) is 85.8 Å². The van der Waals surface area contributed by atoms with Gasteiger partial charge in [-0.3, -0.25) is 9.69 Å². The smallest absolute Gasteiger partial charge is 0.230 e. The van der Waals surface area contributed by atoms with Crippen molar-refractivity contribution >= 4 is 28.6 Å². The number of hydrogen-bond donors (Lipinski definition) is 1. The zero-order chi connectivity index (χ0) is 23.6. The molecular formula is C25H30N4O4S. The molecule has 1 saturated heterocycles.